The Bertz CT molecular complexity index is 2580. The van der Waals surface area contributed by atoms with Gasteiger partial charge in [0.05, 0.1) is 36.4 Å². The minimum atomic E-state index is -1.33. The van der Waals surface area contributed by atoms with E-state index in [0.29, 0.717) is 16.7 Å². The van der Waals surface area contributed by atoms with Crippen LogP contribution in [-0.2, 0) is 28.1 Å². The average molecular weight is 1060 g/mol. The van der Waals surface area contributed by atoms with Crippen LogP contribution in [0.5, 0.6) is 0 Å². The lowest BCUT2D eigenvalue weighted by Crippen LogP contribution is -2.68. The molecule has 6 atom stereocenters. The summed E-state index contributed by atoms with van der Waals surface area (Å²) < 4.78 is 20.5. The fourth-order valence-electron chi connectivity index (χ4n) is 8.80. The molecule has 0 radical (unpaired) electrons. The zero-order chi connectivity index (χ0) is 55.6. The van der Waals surface area contributed by atoms with Gasteiger partial charge in [-0.2, -0.15) is 0 Å². The summed E-state index contributed by atoms with van der Waals surface area (Å²) in [5.41, 5.74) is 1.39. The van der Waals surface area contributed by atoms with E-state index in [1.165, 1.54) is 55.8 Å². The van der Waals surface area contributed by atoms with E-state index in [1.807, 2.05) is 41.5 Å². The summed E-state index contributed by atoms with van der Waals surface area (Å²) in [5, 5.41) is 17.8. The molecule has 7 rings (SSSR count). The minimum absolute atomic E-state index is 0.00570. The van der Waals surface area contributed by atoms with Gasteiger partial charge in [-0.05, 0) is 53.7 Å². The largest absolute Gasteiger partial charge is 0.453 e. The third-order valence-corrected chi connectivity index (χ3v) is 12.3. The molecule has 0 spiro atoms. The van der Waals surface area contributed by atoms with Crippen molar-refractivity contribution < 1.29 is 42.5 Å². The first-order chi connectivity index (χ1) is 37.6. The first-order valence-electron chi connectivity index (χ1n) is 25.9. The van der Waals surface area contributed by atoms with Gasteiger partial charge in [0.1, 0.15) is 35.2 Å². The molecule has 1 aliphatic heterocycles. The molecule has 1 fully saturated rings. The summed E-state index contributed by atoms with van der Waals surface area (Å²) in [7, 11) is -3.98. The number of hydrogen-bond acceptors (Lipinski definition) is 15. The van der Waals surface area contributed by atoms with E-state index in [2.05, 4.69) is 61.8 Å². The highest BCUT2D eigenvalue weighted by Crippen LogP contribution is 2.26. The molecule has 0 aliphatic carbocycles. The lowest BCUT2D eigenvalue weighted by Gasteiger charge is -2.41. The standard InChI is InChI=1S/C54H63B3N12O9/c1-34(2)28-43(64-52(73)46(37-16-10-7-11-17-37)67-49(70)40-31-58-22-25-61-40)55-76-56(44(29-35(3)4)65-53(74)47(38-18-12-8-13-19-38)68-50(71)41-32-59-23-26-62-41)78-57(77-55)45(30-36(5)6)66-54(75)48(39-20-14-9-15-21-39)69-51(72)42-33-60-24-27-63-42/h7-27,31-36,43-48H,28-30H2,1-6H3,(H,64,73)(H,65,74)(H,66,75)(H,67,70)(H,68,71)(H,69,72)/t43-,44-,45-,46-,47-,48+/m1/s1. The predicted molar refractivity (Wildman–Crippen MR) is 291 cm³/mol. The molecule has 4 heterocycles. The van der Waals surface area contributed by atoms with Crippen molar-refractivity contribution in [1.82, 2.24) is 61.8 Å². The number of nitrogens with one attached hydrogen (secondary N) is 6. The van der Waals surface area contributed by atoms with Crippen molar-refractivity contribution >= 4 is 56.8 Å². The SMILES string of the molecule is CC(C)C[C@@H](NC(=O)[C@@H](NC(=O)c1cnccn1)c1ccccc1)B1OB([C@@H](CC(C)C)NC(=O)[C@H](NC(=O)c2cnccn2)c2ccccc2)OB([C@@H](CC(C)C)NC(=O)[C@H](NC(=O)c2cnccn2)c2ccccc2)O1. The Morgan fingerprint density at radius 1 is 0.385 bits per heavy atom. The molecule has 0 unspecified atom stereocenters. The normalized spacial score (nSPS) is 14.8. The van der Waals surface area contributed by atoms with E-state index in [9.17, 15) is 28.8 Å². The van der Waals surface area contributed by atoms with Crippen LogP contribution in [0.15, 0.2) is 147 Å². The van der Waals surface area contributed by atoms with Crippen LogP contribution in [0.4, 0.5) is 0 Å². The van der Waals surface area contributed by atoms with Gasteiger partial charge in [-0.1, -0.05) is 133 Å². The molecular weight excluding hydrogens is 993 g/mol. The molecule has 0 saturated carbocycles. The van der Waals surface area contributed by atoms with Gasteiger partial charge < -0.3 is 45.6 Å². The van der Waals surface area contributed by atoms with E-state index >= 15 is 0 Å². The number of nitrogens with zero attached hydrogens (tertiary/aromatic N) is 6. The van der Waals surface area contributed by atoms with Crippen LogP contribution in [0.25, 0.3) is 0 Å². The minimum Gasteiger partial charge on any atom is -0.450 e. The van der Waals surface area contributed by atoms with Crippen molar-refractivity contribution in [3.05, 3.63) is 181 Å². The molecule has 0 bridgehead atoms. The van der Waals surface area contributed by atoms with Crippen molar-refractivity contribution in [2.45, 2.75) is 96.8 Å². The van der Waals surface area contributed by atoms with Gasteiger partial charge in [0.2, 0.25) is 17.7 Å². The van der Waals surface area contributed by atoms with Gasteiger partial charge in [-0.25, -0.2) is 15.0 Å². The predicted octanol–water partition coefficient (Wildman–Crippen LogP) is 4.61. The van der Waals surface area contributed by atoms with Gasteiger partial charge in [0.25, 0.3) is 17.7 Å². The third kappa shape index (κ3) is 16.4. The Kier molecular flexibility index (Phi) is 20.8. The first-order valence-corrected chi connectivity index (χ1v) is 25.9. The summed E-state index contributed by atoms with van der Waals surface area (Å²) in [6, 6.07) is 22.4. The monoisotopic (exact) mass is 1060 g/mol. The summed E-state index contributed by atoms with van der Waals surface area (Å²) in [4.78, 5) is 110. The lowest BCUT2D eigenvalue weighted by atomic mass is 9.58. The second-order valence-corrected chi connectivity index (χ2v) is 20.0. The van der Waals surface area contributed by atoms with Gasteiger partial charge in [0.15, 0.2) is 0 Å². The van der Waals surface area contributed by atoms with E-state index in [1.54, 1.807) is 91.0 Å². The van der Waals surface area contributed by atoms with Crippen LogP contribution < -0.4 is 31.9 Å². The second-order valence-electron chi connectivity index (χ2n) is 20.0. The maximum atomic E-state index is 14.9. The quantitative estimate of drug-likeness (QED) is 0.0452. The molecule has 402 valence electrons. The maximum absolute atomic E-state index is 14.9. The Labute approximate surface area is 454 Å². The van der Waals surface area contributed by atoms with Crippen molar-refractivity contribution in [1.29, 1.82) is 0 Å². The molecule has 21 nitrogen and oxygen atoms in total. The number of benzene rings is 3. The maximum Gasteiger partial charge on any atom is 0.453 e. The van der Waals surface area contributed by atoms with Crippen LogP contribution in [0.3, 0.4) is 0 Å². The van der Waals surface area contributed by atoms with Gasteiger partial charge >= 0.3 is 21.4 Å². The fraction of sp³-hybridized carbons (Fsp3) is 0.333. The van der Waals surface area contributed by atoms with Crippen LogP contribution in [0.2, 0.25) is 0 Å². The Balaban J connectivity index is 1.27. The van der Waals surface area contributed by atoms with E-state index in [4.69, 9.17) is 13.7 Å². The molecule has 1 saturated heterocycles. The highest BCUT2D eigenvalue weighted by Gasteiger charge is 2.52. The zero-order valence-electron chi connectivity index (χ0n) is 44.3. The van der Waals surface area contributed by atoms with Crippen molar-refractivity contribution in [3.8, 4) is 0 Å². The van der Waals surface area contributed by atoms with Crippen LogP contribution in [0, 0.1) is 17.8 Å². The van der Waals surface area contributed by atoms with Crippen LogP contribution >= 0.6 is 0 Å². The number of carbonyl (C=O) groups is 6. The van der Waals surface area contributed by atoms with Gasteiger partial charge in [-0.15, -0.1) is 0 Å². The number of hydrogen-bond donors (Lipinski definition) is 6. The fourth-order valence-corrected chi connectivity index (χ4v) is 8.80. The molecule has 3 aromatic heterocycles. The number of rotatable bonds is 24. The van der Waals surface area contributed by atoms with Gasteiger partial charge in [-0.3, -0.25) is 43.7 Å². The number of aromatic nitrogens is 6. The van der Waals surface area contributed by atoms with Gasteiger partial charge in [0, 0.05) is 37.2 Å². The Morgan fingerprint density at radius 3 is 0.859 bits per heavy atom. The highest BCUT2D eigenvalue weighted by atomic mass is 16.7. The molecular formula is C54H63B3N12O9. The third-order valence-electron chi connectivity index (χ3n) is 12.3. The molecule has 6 aromatic rings. The molecule has 1 aliphatic rings. The second kappa shape index (κ2) is 28.3. The highest BCUT2D eigenvalue weighted by molar-refractivity contribution is 6.75. The topological polar surface area (TPSA) is 280 Å². The first kappa shape index (κ1) is 57.5. The molecule has 6 N–H and O–H groups in total. The van der Waals surface area contributed by atoms with E-state index in [0.717, 1.165) is 0 Å². The van der Waals surface area contributed by atoms with Crippen LogP contribution in [-0.4, -0.2) is 105 Å². The molecule has 6 amide bonds. The Morgan fingerprint density at radius 2 is 0.641 bits per heavy atom. The number of carbonyl (C=O) groups excluding carboxylic acids is 6. The zero-order valence-corrected chi connectivity index (χ0v) is 44.3. The number of amides is 6. The lowest BCUT2D eigenvalue weighted by molar-refractivity contribution is -0.124. The van der Waals surface area contributed by atoms with Crippen molar-refractivity contribution in [2.75, 3.05) is 0 Å². The smallest absolute Gasteiger partial charge is 0.450 e. The molecule has 24 heteroatoms. The van der Waals surface area contributed by atoms with Crippen molar-refractivity contribution in [2.24, 2.45) is 17.8 Å². The summed E-state index contributed by atoms with van der Waals surface area (Å²) in [6.07, 6.45) is 13.1. The molecule has 3 aromatic carbocycles. The van der Waals surface area contributed by atoms with E-state index in [-0.39, 0.29) is 54.1 Å². The summed E-state index contributed by atoms with van der Waals surface area (Å²) in [6.45, 7) is 11.7. The van der Waals surface area contributed by atoms with E-state index < -0.39 is 92.7 Å². The average Bonchev–Trinajstić information content (AvgIpc) is 3.47. The molecule has 78 heavy (non-hydrogen) atoms. The summed E-state index contributed by atoms with van der Waals surface area (Å²) >= 11 is 0. The van der Waals surface area contributed by atoms with Crippen molar-refractivity contribution in [3.63, 3.8) is 0 Å². The van der Waals surface area contributed by atoms with Crippen LogP contribution in [0.1, 0.15) is 127 Å². The summed E-state index contributed by atoms with van der Waals surface area (Å²) in [5.74, 6) is -6.88. The Hall–Kier alpha value is -8.21.